The molecule has 0 bridgehead atoms. The zero-order valence-corrected chi connectivity index (χ0v) is 13.4. The van der Waals surface area contributed by atoms with E-state index >= 15 is 0 Å². The summed E-state index contributed by atoms with van der Waals surface area (Å²) < 4.78 is 6.03. The fourth-order valence-corrected chi connectivity index (χ4v) is 3.57. The second kappa shape index (κ2) is 6.26. The van der Waals surface area contributed by atoms with Gasteiger partial charge in [-0.15, -0.1) is 0 Å². The Morgan fingerprint density at radius 1 is 1.17 bits per heavy atom. The highest BCUT2D eigenvalue weighted by Crippen LogP contribution is 2.27. The van der Waals surface area contributed by atoms with Crippen LogP contribution in [0.1, 0.15) is 11.3 Å². The molecule has 2 aliphatic rings. The Bertz CT molecular complexity index is 663. The van der Waals surface area contributed by atoms with Gasteiger partial charge in [0.15, 0.2) is 0 Å². The summed E-state index contributed by atoms with van der Waals surface area (Å²) in [5.74, 6) is 1.01. The number of fused-ring (bicyclic) bond motifs is 1. The predicted octanol–water partition coefficient (Wildman–Crippen LogP) is 1.87. The Morgan fingerprint density at radius 3 is 2.87 bits per heavy atom. The second-order valence-corrected chi connectivity index (χ2v) is 6.36. The summed E-state index contributed by atoms with van der Waals surface area (Å²) in [5, 5.41) is 0. The summed E-state index contributed by atoms with van der Waals surface area (Å²) in [6, 6.07) is 13.2. The topological polar surface area (TPSA) is 41.5 Å². The largest absolute Gasteiger partial charge is 0.373 e. The van der Waals surface area contributed by atoms with Crippen molar-refractivity contribution < 1.29 is 4.74 Å². The van der Waals surface area contributed by atoms with Crippen molar-refractivity contribution in [1.29, 1.82) is 0 Å². The number of nitrogens with zero attached hydrogens (tertiary/aromatic N) is 4. The van der Waals surface area contributed by atoms with Gasteiger partial charge >= 0.3 is 0 Å². The van der Waals surface area contributed by atoms with Gasteiger partial charge in [-0.2, -0.15) is 0 Å². The minimum Gasteiger partial charge on any atom is -0.373 e. The molecule has 0 amide bonds. The van der Waals surface area contributed by atoms with E-state index in [4.69, 9.17) is 4.74 Å². The molecule has 2 fully saturated rings. The Balaban J connectivity index is 1.50. The SMILES string of the molecule is Cc1cc(N2C[C@@H]3OCCN(Cc4ccccc4)[C@@H]3C2)ncn1. The lowest BCUT2D eigenvalue weighted by atomic mass is 10.1. The van der Waals surface area contributed by atoms with Crippen LogP contribution in [0.25, 0.3) is 0 Å². The van der Waals surface area contributed by atoms with Crippen LogP contribution >= 0.6 is 0 Å². The predicted molar refractivity (Wildman–Crippen MR) is 89.4 cm³/mol. The number of benzene rings is 1. The fraction of sp³-hybridized carbons (Fsp3) is 0.444. The van der Waals surface area contributed by atoms with Crippen LogP contribution in [0.2, 0.25) is 0 Å². The summed E-state index contributed by atoms with van der Waals surface area (Å²) in [5.41, 5.74) is 2.37. The van der Waals surface area contributed by atoms with Crippen LogP contribution in [0.4, 0.5) is 5.82 Å². The molecule has 1 aromatic heterocycles. The standard InChI is InChI=1S/C18H22N4O/c1-14-9-18(20-13-19-14)22-11-16-17(12-22)23-8-7-21(16)10-15-5-3-2-4-6-15/h2-6,9,13,16-17H,7-8,10-12H2,1H3/t16-,17+/m1/s1. The molecule has 4 rings (SSSR count). The summed E-state index contributed by atoms with van der Waals surface area (Å²) in [6.45, 7) is 6.67. The monoisotopic (exact) mass is 310 g/mol. The van der Waals surface area contributed by atoms with E-state index in [1.807, 2.05) is 6.92 Å². The molecular weight excluding hydrogens is 288 g/mol. The molecule has 0 unspecified atom stereocenters. The first-order valence-corrected chi connectivity index (χ1v) is 8.23. The van der Waals surface area contributed by atoms with Crippen molar-refractivity contribution >= 4 is 5.82 Å². The first kappa shape index (κ1) is 14.6. The number of hydrogen-bond donors (Lipinski definition) is 0. The minimum atomic E-state index is 0.266. The lowest BCUT2D eigenvalue weighted by molar-refractivity contribution is -0.0499. The molecule has 0 aliphatic carbocycles. The molecule has 5 nitrogen and oxygen atoms in total. The molecule has 0 spiro atoms. The van der Waals surface area contributed by atoms with E-state index in [2.05, 4.69) is 56.2 Å². The molecule has 0 radical (unpaired) electrons. The fourth-order valence-electron chi connectivity index (χ4n) is 3.57. The number of rotatable bonds is 3. The Kier molecular flexibility index (Phi) is 3.97. The van der Waals surface area contributed by atoms with Gasteiger partial charge in [-0.1, -0.05) is 30.3 Å². The van der Waals surface area contributed by atoms with Crippen LogP contribution in [0.5, 0.6) is 0 Å². The van der Waals surface area contributed by atoms with Crippen LogP contribution in [0, 0.1) is 6.92 Å². The van der Waals surface area contributed by atoms with E-state index in [-0.39, 0.29) is 6.10 Å². The molecule has 3 heterocycles. The third-order valence-electron chi connectivity index (χ3n) is 4.76. The van der Waals surface area contributed by atoms with Crippen molar-refractivity contribution in [1.82, 2.24) is 14.9 Å². The third kappa shape index (κ3) is 3.07. The van der Waals surface area contributed by atoms with Crippen LogP contribution in [-0.4, -0.2) is 53.3 Å². The van der Waals surface area contributed by atoms with Crippen molar-refractivity contribution in [3.63, 3.8) is 0 Å². The summed E-state index contributed by atoms with van der Waals surface area (Å²) in [7, 11) is 0. The Labute approximate surface area is 136 Å². The zero-order chi connectivity index (χ0) is 15.6. The number of morpholine rings is 1. The van der Waals surface area contributed by atoms with E-state index in [0.29, 0.717) is 6.04 Å². The van der Waals surface area contributed by atoms with E-state index in [1.54, 1.807) is 6.33 Å². The van der Waals surface area contributed by atoms with Crippen LogP contribution in [0.15, 0.2) is 42.7 Å². The van der Waals surface area contributed by atoms with Gasteiger partial charge in [0, 0.05) is 37.9 Å². The van der Waals surface area contributed by atoms with Gasteiger partial charge in [0.2, 0.25) is 0 Å². The zero-order valence-electron chi connectivity index (χ0n) is 13.4. The summed E-state index contributed by atoms with van der Waals surface area (Å²) in [4.78, 5) is 13.5. The summed E-state index contributed by atoms with van der Waals surface area (Å²) >= 11 is 0. The molecule has 2 atom stereocenters. The number of ether oxygens (including phenoxy) is 1. The van der Waals surface area contributed by atoms with E-state index < -0.39 is 0 Å². The molecule has 2 saturated heterocycles. The maximum atomic E-state index is 6.03. The van der Waals surface area contributed by atoms with Crippen molar-refractivity contribution in [3.8, 4) is 0 Å². The number of aromatic nitrogens is 2. The average Bonchev–Trinajstić information content (AvgIpc) is 3.01. The number of aryl methyl sites for hydroxylation is 1. The van der Waals surface area contributed by atoms with Gasteiger partial charge in [-0.3, -0.25) is 4.90 Å². The molecule has 120 valence electrons. The van der Waals surface area contributed by atoms with Gasteiger partial charge < -0.3 is 9.64 Å². The highest BCUT2D eigenvalue weighted by Gasteiger charge is 2.40. The van der Waals surface area contributed by atoms with E-state index in [1.165, 1.54) is 5.56 Å². The smallest absolute Gasteiger partial charge is 0.132 e. The molecule has 0 N–H and O–H groups in total. The van der Waals surface area contributed by atoms with E-state index in [0.717, 1.165) is 44.3 Å². The van der Waals surface area contributed by atoms with E-state index in [9.17, 15) is 0 Å². The second-order valence-electron chi connectivity index (χ2n) is 6.36. The minimum absolute atomic E-state index is 0.266. The van der Waals surface area contributed by atoms with Crippen LogP contribution in [-0.2, 0) is 11.3 Å². The average molecular weight is 310 g/mol. The van der Waals surface area contributed by atoms with Crippen molar-refractivity contribution in [2.24, 2.45) is 0 Å². The van der Waals surface area contributed by atoms with Crippen LogP contribution in [0.3, 0.4) is 0 Å². The lowest BCUT2D eigenvalue weighted by Gasteiger charge is -2.36. The molecule has 23 heavy (non-hydrogen) atoms. The molecule has 0 saturated carbocycles. The van der Waals surface area contributed by atoms with Gasteiger partial charge in [-0.25, -0.2) is 9.97 Å². The van der Waals surface area contributed by atoms with Crippen molar-refractivity contribution in [3.05, 3.63) is 54.0 Å². The number of hydrogen-bond acceptors (Lipinski definition) is 5. The molecule has 2 aliphatic heterocycles. The van der Waals surface area contributed by atoms with Crippen molar-refractivity contribution in [2.45, 2.75) is 25.6 Å². The molecule has 1 aromatic carbocycles. The van der Waals surface area contributed by atoms with Gasteiger partial charge in [0.05, 0.1) is 18.8 Å². The maximum Gasteiger partial charge on any atom is 0.132 e. The molecule has 2 aromatic rings. The van der Waals surface area contributed by atoms with Crippen molar-refractivity contribution in [2.75, 3.05) is 31.1 Å². The van der Waals surface area contributed by atoms with Gasteiger partial charge in [-0.05, 0) is 12.5 Å². The molecule has 5 heteroatoms. The first-order valence-electron chi connectivity index (χ1n) is 8.23. The first-order chi connectivity index (χ1) is 11.3. The normalized spacial score (nSPS) is 24.7. The highest BCUT2D eigenvalue weighted by molar-refractivity contribution is 5.41. The van der Waals surface area contributed by atoms with Gasteiger partial charge in [0.1, 0.15) is 12.1 Å². The number of anilines is 1. The summed E-state index contributed by atoms with van der Waals surface area (Å²) in [6.07, 6.45) is 1.91. The molecular formula is C18H22N4O. The third-order valence-corrected chi connectivity index (χ3v) is 4.76. The van der Waals surface area contributed by atoms with Gasteiger partial charge in [0.25, 0.3) is 0 Å². The quantitative estimate of drug-likeness (QED) is 0.866. The van der Waals surface area contributed by atoms with Crippen LogP contribution < -0.4 is 4.90 Å². The Morgan fingerprint density at radius 2 is 2.04 bits per heavy atom. The lowest BCUT2D eigenvalue weighted by Crippen LogP contribution is -2.50. The highest BCUT2D eigenvalue weighted by atomic mass is 16.5. The Hall–Kier alpha value is -1.98. The maximum absolute atomic E-state index is 6.03.